The van der Waals surface area contributed by atoms with E-state index in [0.717, 1.165) is 37.4 Å². The molecule has 7 heteroatoms. The first-order valence-corrected chi connectivity index (χ1v) is 8.50. The predicted octanol–water partition coefficient (Wildman–Crippen LogP) is 2.15. The summed E-state index contributed by atoms with van der Waals surface area (Å²) in [5, 5.41) is 5.36. The van der Waals surface area contributed by atoms with Crippen LogP contribution in [0.15, 0.2) is 18.2 Å². The molecule has 1 atom stereocenters. The molecule has 0 radical (unpaired) electrons. The lowest BCUT2D eigenvalue weighted by Gasteiger charge is -2.24. The number of anilines is 1. The number of amides is 3. The van der Waals surface area contributed by atoms with Gasteiger partial charge in [-0.05, 0) is 37.6 Å². The van der Waals surface area contributed by atoms with Gasteiger partial charge in [-0.25, -0.2) is 4.79 Å². The van der Waals surface area contributed by atoms with E-state index in [0.29, 0.717) is 5.69 Å². The van der Waals surface area contributed by atoms with Crippen LogP contribution in [0.1, 0.15) is 25.3 Å². The highest BCUT2D eigenvalue weighted by Gasteiger charge is 2.18. The Kier molecular flexibility index (Phi) is 6.64. The minimum Gasteiger partial charge on any atom is -0.490 e. The number of likely N-dealkylation sites (N-methyl/N-ethyl adjacent to an activating group) is 1. The number of ether oxygens (including phenoxy) is 2. The van der Waals surface area contributed by atoms with E-state index in [1.165, 1.54) is 4.90 Å². The van der Waals surface area contributed by atoms with Crippen LogP contribution < -0.4 is 15.4 Å². The van der Waals surface area contributed by atoms with E-state index in [2.05, 4.69) is 10.6 Å². The quantitative estimate of drug-likeness (QED) is 0.854. The largest absolute Gasteiger partial charge is 0.490 e. The van der Waals surface area contributed by atoms with Crippen molar-refractivity contribution in [3.05, 3.63) is 23.8 Å². The van der Waals surface area contributed by atoms with Crippen molar-refractivity contribution in [1.29, 1.82) is 0 Å². The standard InChI is InChI=1S/C18H27N3O4/c1-12-11-14(20-18(23)19-13(2)17(22)21(3)4)5-6-16(12)25-15-7-9-24-10-8-15/h5-6,11,13,15H,7-10H2,1-4H3,(H2,19,20,23)/t13-/m0/s1. The van der Waals surface area contributed by atoms with Crippen LogP contribution in [-0.4, -0.2) is 56.3 Å². The summed E-state index contributed by atoms with van der Waals surface area (Å²) in [5.41, 5.74) is 1.60. The van der Waals surface area contributed by atoms with Gasteiger partial charge in [0.25, 0.3) is 0 Å². The molecule has 1 aromatic rings. The lowest BCUT2D eigenvalue weighted by Crippen LogP contribution is -2.45. The first-order chi connectivity index (χ1) is 11.9. The highest BCUT2D eigenvalue weighted by molar-refractivity contribution is 5.93. The van der Waals surface area contributed by atoms with Gasteiger partial charge in [0.15, 0.2) is 0 Å². The number of carbonyl (C=O) groups excluding carboxylic acids is 2. The molecule has 138 valence electrons. The summed E-state index contributed by atoms with van der Waals surface area (Å²) in [4.78, 5) is 25.2. The molecule has 25 heavy (non-hydrogen) atoms. The zero-order valence-corrected chi connectivity index (χ0v) is 15.3. The van der Waals surface area contributed by atoms with Crippen molar-refractivity contribution in [1.82, 2.24) is 10.2 Å². The third kappa shape index (κ3) is 5.63. The number of benzene rings is 1. The van der Waals surface area contributed by atoms with Crippen molar-refractivity contribution >= 4 is 17.6 Å². The number of carbonyl (C=O) groups is 2. The van der Waals surface area contributed by atoms with E-state index in [4.69, 9.17) is 9.47 Å². The summed E-state index contributed by atoms with van der Waals surface area (Å²) in [6.45, 7) is 5.05. The molecular formula is C18H27N3O4. The van der Waals surface area contributed by atoms with Gasteiger partial charge in [0.2, 0.25) is 5.91 Å². The second-order valence-electron chi connectivity index (χ2n) is 6.46. The minimum absolute atomic E-state index is 0.161. The first kappa shape index (κ1) is 19.1. The molecule has 0 unspecified atom stereocenters. The van der Waals surface area contributed by atoms with Gasteiger partial charge >= 0.3 is 6.03 Å². The van der Waals surface area contributed by atoms with Crippen molar-refractivity contribution in [3.63, 3.8) is 0 Å². The molecule has 0 bridgehead atoms. The molecule has 2 N–H and O–H groups in total. The van der Waals surface area contributed by atoms with Crippen molar-refractivity contribution in [2.75, 3.05) is 32.6 Å². The van der Waals surface area contributed by atoms with Crippen LogP contribution >= 0.6 is 0 Å². The molecule has 1 fully saturated rings. The highest BCUT2D eigenvalue weighted by atomic mass is 16.5. The fourth-order valence-electron chi connectivity index (χ4n) is 2.65. The molecule has 1 aliphatic heterocycles. The number of hydrogen-bond donors (Lipinski definition) is 2. The van der Waals surface area contributed by atoms with Gasteiger partial charge in [0, 0.05) is 32.6 Å². The Morgan fingerprint density at radius 2 is 1.96 bits per heavy atom. The zero-order valence-electron chi connectivity index (χ0n) is 15.3. The van der Waals surface area contributed by atoms with Gasteiger partial charge in [-0.2, -0.15) is 0 Å². The number of aryl methyl sites for hydroxylation is 1. The Hall–Kier alpha value is -2.28. The Morgan fingerprint density at radius 3 is 2.56 bits per heavy atom. The second-order valence-corrected chi connectivity index (χ2v) is 6.46. The smallest absolute Gasteiger partial charge is 0.319 e. The summed E-state index contributed by atoms with van der Waals surface area (Å²) >= 11 is 0. The van der Waals surface area contributed by atoms with Crippen LogP contribution in [0.2, 0.25) is 0 Å². The average Bonchev–Trinajstić information content (AvgIpc) is 2.57. The van der Waals surface area contributed by atoms with Crippen molar-refractivity contribution in [3.8, 4) is 5.75 Å². The Morgan fingerprint density at radius 1 is 1.28 bits per heavy atom. The topological polar surface area (TPSA) is 79.9 Å². The molecule has 0 aliphatic carbocycles. The lowest BCUT2D eigenvalue weighted by atomic mass is 10.1. The average molecular weight is 349 g/mol. The molecule has 1 saturated heterocycles. The number of hydrogen-bond acceptors (Lipinski definition) is 4. The molecule has 1 aromatic carbocycles. The van der Waals surface area contributed by atoms with Gasteiger partial charge < -0.3 is 25.0 Å². The maximum Gasteiger partial charge on any atom is 0.319 e. The highest BCUT2D eigenvalue weighted by Crippen LogP contribution is 2.25. The van der Waals surface area contributed by atoms with Crippen LogP contribution in [0, 0.1) is 6.92 Å². The second kappa shape index (κ2) is 8.71. The molecule has 1 heterocycles. The van der Waals surface area contributed by atoms with E-state index in [9.17, 15) is 9.59 Å². The van der Waals surface area contributed by atoms with E-state index in [-0.39, 0.29) is 12.0 Å². The summed E-state index contributed by atoms with van der Waals surface area (Å²) < 4.78 is 11.3. The van der Waals surface area contributed by atoms with Gasteiger partial charge in [-0.3, -0.25) is 4.79 Å². The zero-order chi connectivity index (χ0) is 18.4. The van der Waals surface area contributed by atoms with E-state index < -0.39 is 12.1 Å². The third-order valence-electron chi connectivity index (χ3n) is 4.05. The maximum absolute atomic E-state index is 12.0. The molecular weight excluding hydrogens is 322 g/mol. The number of nitrogens with zero attached hydrogens (tertiary/aromatic N) is 1. The van der Waals surface area contributed by atoms with Crippen molar-refractivity contribution < 1.29 is 19.1 Å². The lowest BCUT2D eigenvalue weighted by molar-refractivity contribution is -0.130. The summed E-state index contributed by atoms with van der Waals surface area (Å²) in [7, 11) is 3.30. The van der Waals surface area contributed by atoms with Gasteiger partial charge in [0.05, 0.1) is 13.2 Å². The molecule has 2 rings (SSSR count). The number of urea groups is 1. The molecule has 1 aliphatic rings. The van der Waals surface area contributed by atoms with Crippen LogP contribution in [-0.2, 0) is 9.53 Å². The molecule has 0 spiro atoms. The molecule has 3 amide bonds. The summed E-state index contributed by atoms with van der Waals surface area (Å²) in [5.74, 6) is 0.653. The van der Waals surface area contributed by atoms with Crippen LogP contribution in [0.4, 0.5) is 10.5 Å². The normalized spacial score (nSPS) is 16.0. The molecule has 7 nitrogen and oxygen atoms in total. The summed E-state index contributed by atoms with van der Waals surface area (Å²) in [6, 6.07) is 4.49. The third-order valence-corrected chi connectivity index (χ3v) is 4.05. The SMILES string of the molecule is Cc1cc(NC(=O)N[C@@H](C)C(=O)N(C)C)ccc1OC1CCOCC1. The van der Waals surface area contributed by atoms with Gasteiger partial charge in [-0.1, -0.05) is 0 Å². The fraction of sp³-hybridized carbons (Fsp3) is 0.556. The molecule has 0 aromatic heterocycles. The maximum atomic E-state index is 12.0. The first-order valence-electron chi connectivity index (χ1n) is 8.50. The number of rotatable bonds is 5. The van der Waals surface area contributed by atoms with Crippen LogP contribution in [0.3, 0.4) is 0 Å². The monoisotopic (exact) mass is 349 g/mol. The van der Waals surface area contributed by atoms with E-state index in [1.54, 1.807) is 27.1 Å². The Bertz CT molecular complexity index is 612. The van der Waals surface area contributed by atoms with Crippen molar-refractivity contribution in [2.24, 2.45) is 0 Å². The van der Waals surface area contributed by atoms with Crippen LogP contribution in [0.5, 0.6) is 5.75 Å². The van der Waals surface area contributed by atoms with E-state index >= 15 is 0 Å². The Labute approximate surface area is 148 Å². The van der Waals surface area contributed by atoms with Gasteiger partial charge in [0.1, 0.15) is 17.9 Å². The minimum atomic E-state index is -0.591. The van der Waals surface area contributed by atoms with E-state index in [1.807, 2.05) is 19.1 Å². The predicted molar refractivity (Wildman–Crippen MR) is 96.0 cm³/mol. The fourth-order valence-corrected chi connectivity index (χ4v) is 2.65. The van der Waals surface area contributed by atoms with Crippen LogP contribution in [0.25, 0.3) is 0 Å². The number of nitrogens with one attached hydrogen (secondary N) is 2. The Balaban J connectivity index is 1.91. The molecule has 0 saturated carbocycles. The van der Waals surface area contributed by atoms with Crippen molar-refractivity contribution in [2.45, 2.75) is 38.8 Å². The summed E-state index contributed by atoms with van der Waals surface area (Å²) in [6.07, 6.45) is 1.95. The van der Waals surface area contributed by atoms with Gasteiger partial charge in [-0.15, -0.1) is 0 Å².